The average molecular weight is 333 g/mol. The second-order valence-corrected chi connectivity index (χ2v) is 5.88. The fraction of sp³-hybridized carbons (Fsp3) is 0.0556. The SMILES string of the molecule is Oc1ccc(C2Nc3cnccc3-c3ncnn4ccc2c34)c(F)c1. The Kier molecular flexibility index (Phi) is 2.79. The van der Waals surface area contributed by atoms with E-state index in [-0.39, 0.29) is 5.75 Å². The number of nitrogens with one attached hydrogen (secondary N) is 1. The van der Waals surface area contributed by atoms with Crippen LogP contribution in [-0.2, 0) is 0 Å². The Bertz CT molecular complexity index is 1120. The lowest BCUT2D eigenvalue weighted by molar-refractivity contribution is 0.467. The third-order valence-corrected chi connectivity index (χ3v) is 4.47. The highest BCUT2D eigenvalue weighted by Crippen LogP contribution is 2.41. The molecular weight excluding hydrogens is 321 g/mol. The lowest BCUT2D eigenvalue weighted by Gasteiger charge is -2.19. The van der Waals surface area contributed by atoms with Gasteiger partial charge in [-0.2, -0.15) is 5.10 Å². The van der Waals surface area contributed by atoms with Crippen LogP contribution in [-0.4, -0.2) is 24.7 Å². The van der Waals surface area contributed by atoms with Crippen molar-refractivity contribution in [3.8, 4) is 17.0 Å². The van der Waals surface area contributed by atoms with E-state index in [9.17, 15) is 9.50 Å². The number of hydrogen-bond donors (Lipinski definition) is 2. The molecule has 0 bridgehead atoms. The van der Waals surface area contributed by atoms with E-state index in [1.54, 1.807) is 23.0 Å². The van der Waals surface area contributed by atoms with Gasteiger partial charge in [0.15, 0.2) is 0 Å². The van der Waals surface area contributed by atoms with Gasteiger partial charge in [-0.3, -0.25) is 4.98 Å². The van der Waals surface area contributed by atoms with Crippen LogP contribution in [0.4, 0.5) is 10.1 Å². The first kappa shape index (κ1) is 13.9. The molecule has 0 amide bonds. The summed E-state index contributed by atoms with van der Waals surface area (Å²) < 4.78 is 16.3. The van der Waals surface area contributed by atoms with Crippen LogP contribution in [0, 0.1) is 5.82 Å². The molecule has 4 heterocycles. The van der Waals surface area contributed by atoms with Crippen LogP contribution in [0.1, 0.15) is 17.2 Å². The maximum Gasteiger partial charge on any atom is 0.137 e. The lowest BCUT2D eigenvalue weighted by atomic mass is 9.99. The van der Waals surface area contributed by atoms with Gasteiger partial charge >= 0.3 is 0 Å². The fourth-order valence-corrected chi connectivity index (χ4v) is 3.35. The number of nitrogens with zero attached hydrogens (tertiary/aromatic N) is 4. The van der Waals surface area contributed by atoms with Crippen molar-refractivity contribution in [1.29, 1.82) is 0 Å². The van der Waals surface area contributed by atoms with Gasteiger partial charge in [0.25, 0.3) is 0 Å². The van der Waals surface area contributed by atoms with Crippen LogP contribution < -0.4 is 5.32 Å². The summed E-state index contributed by atoms with van der Waals surface area (Å²) in [6, 6.07) is 7.48. The molecule has 6 nitrogen and oxygen atoms in total. The van der Waals surface area contributed by atoms with Gasteiger partial charge in [0.1, 0.15) is 23.6 Å². The highest BCUT2D eigenvalue weighted by molar-refractivity contribution is 5.89. The molecular formula is C18H12FN5O. The predicted octanol–water partition coefficient (Wildman–Crippen LogP) is 3.15. The molecule has 1 aliphatic rings. The minimum atomic E-state index is -0.484. The summed E-state index contributed by atoms with van der Waals surface area (Å²) in [5.74, 6) is -0.592. The molecule has 1 aliphatic heterocycles. The van der Waals surface area contributed by atoms with Gasteiger partial charge in [-0.05, 0) is 18.2 Å². The second kappa shape index (κ2) is 5.01. The van der Waals surface area contributed by atoms with Crippen LogP contribution >= 0.6 is 0 Å². The Balaban J connectivity index is 1.85. The maximum absolute atomic E-state index is 14.6. The minimum Gasteiger partial charge on any atom is -0.508 e. The molecule has 25 heavy (non-hydrogen) atoms. The monoisotopic (exact) mass is 333 g/mol. The summed E-state index contributed by atoms with van der Waals surface area (Å²) in [5, 5.41) is 17.1. The zero-order chi connectivity index (χ0) is 17.0. The number of fused-ring (bicyclic) bond motifs is 2. The topological polar surface area (TPSA) is 75.3 Å². The van der Waals surface area contributed by atoms with Gasteiger partial charge in [-0.25, -0.2) is 13.9 Å². The van der Waals surface area contributed by atoms with Crippen LogP contribution in [0.15, 0.2) is 55.2 Å². The third kappa shape index (κ3) is 1.99. The van der Waals surface area contributed by atoms with Crippen molar-refractivity contribution in [3.63, 3.8) is 0 Å². The molecule has 4 aromatic rings. The van der Waals surface area contributed by atoms with Crippen molar-refractivity contribution in [2.75, 3.05) is 5.32 Å². The molecule has 1 unspecified atom stereocenters. The zero-order valence-corrected chi connectivity index (χ0v) is 12.9. The molecule has 1 atom stereocenters. The average Bonchev–Trinajstić information content (AvgIpc) is 2.98. The number of aromatic hydroxyl groups is 1. The van der Waals surface area contributed by atoms with Gasteiger partial charge in [0.2, 0.25) is 0 Å². The summed E-state index contributed by atoms with van der Waals surface area (Å²) in [6.45, 7) is 0. The van der Waals surface area contributed by atoms with Crippen molar-refractivity contribution in [2.24, 2.45) is 0 Å². The Morgan fingerprint density at radius 2 is 2.08 bits per heavy atom. The number of pyridine rings is 1. The van der Waals surface area contributed by atoms with E-state index in [0.29, 0.717) is 5.56 Å². The summed E-state index contributed by atoms with van der Waals surface area (Å²) in [5.41, 5.74) is 4.51. The smallest absolute Gasteiger partial charge is 0.137 e. The molecule has 0 fully saturated rings. The number of halogens is 1. The zero-order valence-electron chi connectivity index (χ0n) is 12.9. The third-order valence-electron chi connectivity index (χ3n) is 4.47. The molecule has 1 aromatic carbocycles. The van der Waals surface area contributed by atoms with E-state index < -0.39 is 11.9 Å². The van der Waals surface area contributed by atoms with Gasteiger partial charge in [-0.1, -0.05) is 6.07 Å². The largest absolute Gasteiger partial charge is 0.508 e. The Morgan fingerprint density at radius 3 is 2.96 bits per heavy atom. The van der Waals surface area contributed by atoms with Gasteiger partial charge < -0.3 is 10.4 Å². The van der Waals surface area contributed by atoms with E-state index in [4.69, 9.17) is 0 Å². The Labute approximate surface area is 141 Å². The van der Waals surface area contributed by atoms with E-state index in [1.165, 1.54) is 12.4 Å². The van der Waals surface area contributed by atoms with Gasteiger partial charge in [0.05, 0.1) is 23.4 Å². The Hall–Kier alpha value is -3.48. The van der Waals surface area contributed by atoms with E-state index in [1.807, 2.05) is 18.3 Å². The van der Waals surface area contributed by atoms with Crippen LogP contribution in [0.5, 0.6) is 5.75 Å². The summed E-state index contributed by atoms with van der Waals surface area (Å²) >= 11 is 0. The minimum absolute atomic E-state index is 0.109. The number of anilines is 1. The van der Waals surface area contributed by atoms with Crippen molar-refractivity contribution >= 4 is 11.2 Å². The van der Waals surface area contributed by atoms with Crippen molar-refractivity contribution in [3.05, 3.63) is 72.2 Å². The van der Waals surface area contributed by atoms with Gasteiger partial charge in [-0.15, -0.1) is 0 Å². The fourth-order valence-electron chi connectivity index (χ4n) is 3.35. The number of hydrogen-bond acceptors (Lipinski definition) is 5. The lowest BCUT2D eigenvalue weighted by Crippen LogP contribution is -2.13. The van der Waals surface area contributed by atoms with Crippen molar-refractivity contribution in [1.82, 2.24) is 19.6 Å². The van der Waals surface area contributed by atoms with Crippen molar-refractivity contribution < 1.29 is 9.50 Å². The molecule has 0 saturated carbocycles. The molecule has 0 radical (unpaired) electrons. The van der Waals surface area contributed by atoms with Gasteiger partial charge in [0, 0.05) is 35.2 Å². The second-order valence-electron chi connectivity index (χ2n) is 5.88. The normalized spacial score (nSPS) is 15.5. The quantitative estimate of drug-likeness (QED) is 0.560. The Morgan fingerprint density at radius 1 is 1.16 bits per heavy atom. The van der Waals surface area contributed by atoms with E-state index in [0.717, 1.165) is 34.1 Å². The number of phenolic OH excluding ortho intramolecular Hbond substituents is 1. The highest BCUT2D eigenvalue weighted by atomic mass is 19.1. The first-order chi connectivity index (χ1) is 12.2. The van der Waals surface area contributed by atoms with Crippen LogP contribution in [0.25, 0.3) is 16.8 Å². The number of phenols is 1. The highest BCUT2D eigenvalue weighted by Gasteiger charge is 2.28. The standard InChI is InChI=1S/C18H12FN5O/c19-14-7-10(25)1-2-11(14)16-13-4-6-24-18(13)17(21-9-22-24)12-3-5-20-8-15(12)23-16/h1-9,16,23,25H. The van der Waals surface area contributed by atoms with Crippen LogP contribution in [0.3, 0.4) is 0 Å². The van der Waals surface area contributed by atoms with E-state index in [2.05, 4.69) is 20.4 Å². The summed E-state index contributed by atoms with van der Waals surface area (Å²) in [7, 11) is 0. The summed E-state index contributed by atoms with van der Waals surface area (Å²) in [4.78, 5) is 8.61. The predicted molar refractivity (Wildman–Crippen MR) is 89.7 cm³/mol. The first-order valence-electron chi connectivity index (χ1n) is 7.74. The molecule has 3 aromatic heterocycles. The molecule has 2 N–H and O–H groups in total. The molecule has 0 spiro atoms. The molecule has 5 rings (SSSR count). The number of benzene rings is 1. The summed E-state index contributed by atoms with van der Waals surface area (Å²) in [6.07, 6.45) is 6.72. The molecule has 7 heteroatoms. The van der Waals surface area contributed by atoms with E-state index >= 15 is 0 Å². The maximum atomic E-state index is 14.6. The molecule has 0 aliphatic carbocycles. The number of rotatable bonds is 1. The van der Waals surface area contributed by atoms with Crippen molar-refractivity contribution in [2.45, 2.75) is 6.04 Å². The van der Waals surface area contributed by atoms with Crippen LogP contribution in [0.2, 0.25) is 0 Å². The first-order valence-corrected chi connectivity index (χ1v) is 7.74. The molecule has 0 saturated heterocycles. The molecule has 122 valence electrons. The number of aromatic nitrogens is 4.